The molecule has 172 valence electrons. The highest BCUT2D eigenvalue weighted by molar-refractivity contribution is 7.89. The van der Waals surface area contributed by atoms with Crippen molar-refractivity contribution in [1.82, 2.24) is 15.4 Å². The molecule has 0 aliphatic heterocycles. The number of amides is 3. The van der Waals surface area contributed by atoms with Gasteiger partial charge in [0.2, 0.25) is 10.0 Å². The first-order chi connectivity index (χ1) is 15.3. The third-order valence-corrected chi connectivity index (χ3v) is 6.32. The normalized spacial score (nSPS) is 14.5. The van der Waals surface area contributed by atoms with Crippen LogP contribution in [0.25, 0.3) is 0 Å². The van der Waals surface area contributed by atoms with E-state index in [0.29, 0.717) is 5.76 Å². The summed E-state index contributed by atoms with van der Waals surface area (Å²) in [5.74, 6) is -1.24. The fourth-order valence-electron chi connectivity index (χ4n) is 3.30. The van der Waals surface area contributed by atoms with Crippen LogP contribution in [0.15, 0.2) is 52.0 Å². The lowest BCUT2D eigenvalue weighted by atomic mass is 9.96. The molecular formula is C21H25N3O7S. The average Bonchev–Trinajstić information content (AvgIpc) is 3.31. The number of nitrogens with one attached hydrogen (secondary N) is 3. The van der Waals surface area contributed by atoms with Crippen LogP contribution in [0.1, 0.15) is 48.2 Å². The standard InChI is InChI=1S/C21H25N3O7S/c25-19(24-21(27)23-16-7-2-1-3-8-16)14-31-20(26)15-6-4-10-18(12-15)32(28,29)22-13-17-9-5-11-30-17/h4-6,9-12,16,22H,1-3,7-8,13-14H2,(H2,23,24,25,27). The highest BCUT2D eigenvalue weighted by atomic mass is 32.2. The van der Waals surface area contributed by atoms with Crippen LogP contribution in [0.4, 0.5) is 4.79 Å². The summed E-state index contributed by atoms with van der Waals surface area (Å²) in [4.78, 5) is 35.9. The van der Waals surface area contributed by atoms with E-state index in [2.05, 4.69) is 15.4 Å². The van der Waals surface area contributed by atoms with E-state index in [1.54, 1.807) is 12.1 Å². The number of rotatable bonds is 8. The summed E-state index contributed by atoms with van der Waals surface area (Å²) < 4.78 is 37.2. The molecule has 0 saturated heterocycles. The zero-order valence-electron chi connectivity index (χ0n) is 17.3. The Morgan fingerprint density at radius 3 is 2.56 bits per heavy atom. The molecule has 11 heteroatoms. The third kappa shape index (κ3) is 6.92. The van der Waals surface area contributed by atoms with Crippen LogP contribution in [-0.2, 0) is 26.1 Å². The molecule has 1 aromatic heterocycles. The summed E-state index contributed by atoms with van der Waals surface area (Å²) in [5.41, 5.74) is -0.0506. The molecule has 1 fully saturated rings. The van der Waals surface area contributed by atoms with Gasteiger partial charge in [0.05, 0.1) is 23.3 Å². The van der Waals surface area contributed by atoms with Gasteiger partial charge < -0.3 is 14.5 Å². The van der Waals surface area contributed by atoms with Gasteiger partial charge in [0.15, 0.2) is 6.61 Å². The maximum absolute atomic E-state index is 12.4. The van der Waals surface area contributed by atoms with E-state index < -0.39 is 34.5 Å². The van der Waals surface area contributed by atoms with E-state index in [-0.39, 0.29) is 23.0 Å². The first-order valence-corrected chi connectivity index (χ1v) is 11.7. The number of urea groups is 1. The maximum atomic E-state index is 12.4. The van der Waals surface area contributed by atoms with Crippen molar-refractivity contribution in [2.75, 3.05) is 6.61 Å². The van der Waals surface area contributed by atoms with Crippen LogP contribution in [-0.4, -0.2) is 39.0 Å². The summed E-state index contributed by atoms with van der Waals surface area (Å²) in [6.07, 6.45) is 6.36. The molecule has 32 heavy (non-hydrogen) atoms. The first kappa shape index (κ1) is 23.5. The van der Waals surface area contributed by atoms with Crippen LogP contribution in [0, 0.1) is 0 Å². The molecule has 2 aromatic rings. The van der Waals surface area contributed by atoms with Gasteiger partial charge in [-0.15, -0.1) is 0 Å². The third-order valence-electron chi connectivity index (χ3n) is 4.92. The molecule has 1 aromatic carbocycles. The molecule has 3 rings (SSSR count). The molecule has 1 saturated carbocycles. The van der Waals surface area contributed by atoms with Gasteiger partial charge in [-0.2, -0.15) is 0 Å². The van der Waals surface area contributed by atoms with Crippen molar-refractivity contribution in [1.29, 1.82) is 0 Å². The second-order valence-electron chi connectivity index (χ2n) is 7.36. The predicted octanol–water partition coefficient (Wildman–Crippen LogP) is 2.07. The van der Waals surface area contributed by atoms with Crippen LogP contribution < -0.4 is 15.4 Å². The van der Waals surface area contributed by atoms with Gasteiger partial charge in [-0.05, 0) is 43.2 Å². The molecule has 0 unspecified atom stereocenters. The number of furan rings is 1. The number of carbonyl (C=O) groups is 3. The van der Waals surface area contributed by atoms with E-state index >= 15 is 0 Å². The molecular weight excluding hydrogens is 438 g/mol. The minimum absolute atomic E-state index is 0.0326. The molecule has 0 spiro atoms. The second-order valence-corrected chi connectivity index (χ2v) is 9.13. The van der Waals surface area contributed by atoms with E-state index in [1.165, 1.54) is 24.5 Å². The van der Waals surface area contributed by atoms with Crippen molar-refractivity contribution in [2.45, 2.75) is 49.6 Å². The summed E-state index contributed by atoms with van der Waals surface area (Å²) in [6, 6.07) is 7.87. The maximum Gasteiger partial charge on any atom is 0.338 e. The van der Waals surface area contributed by atoms with Gasteiger partial charge >= 0.3 is 12.0 Å². The molecule has 1 aliphatic carbocycles. The Morgan fingerprint density at radius 2 is 1.84 bits per heavy atom. The van der Waals surface area contributed by atoms with Crippen LogP contribution in [0.5, 0.6) is 0 Å². The number of hydrogen-bond acceptors (Lipinski definition) is 7. The Labute approximate surface area is 185 Å². The number of imide groups is 1. The number of hydrogen-bond donors (Lipinski definition) is 3. The van der Waals surface area contributed by atoms with E-state index in [0.717, 1.165) is 38.2 Å². The zero-order valence-corrected chi connectivity index (χ0v) is 18.2. The smallest absolute Gasteiger partial charge is 0.338 e. The number of ether oxygens (including phenoxy) is 1. The molecule has 1 heterocycles. The van der Waals surface area contributed by atoms with Gasteiger partial charge in [-0.1, -0.05) is 25.3 Å². The Hall–Kier alpha value is -3.18. The van der Waals surface area contributed by atoms with Crippen molar-refractivity contribution in [3.8, 4) is 0 Å². The number of carbonyl (C=O) groups excluding carboxylic acids is 3. The predicted molar refractivity (Wildman–Crippen MR) is 113 cm³/mol. The lowest BCUT2D eigenvalue weighted by Crippen LogP contribution is -2.46. The molecule has 0 radical (unpaired) electrons. The van der Waals surface area contributed by atoms with Crippen molar-refractivity contribution >= 4 is 27.9 Å². The SMILES string of the molecule is O=C(COC(=O)c1cccc(S(=O)(=O)NCc2ccco2)c1)NC(=O)NC1CCCCC1. The number of benzene rings is 1. The zero-order chi connectivity index (χ0) is 23.0. The topological polar surface area (TPSA) is 144 Å². The quantitative estimate of drug-likeness (QED) is 0.508. The van der Waals surface area contributed by atoms with E-state index in [1.807, 2.05) is 0 Å². The van der Waals surface area contributed by atoms with Crippen molar-refractivity contribution in [3.05, 3.63) is 54.0 Å². The molecule has 10 nitrogen and oxygen atoms in total. The molecule has 3 amide bonds. The minimum Gasteiger partial charge on any atom is -0.468 e. The van der Waals surface area contributed by atoms with E-state index in [9.17, 15) is 22.8 Å². The Morgan fingerprint density at radius 1 is 1.06 bits per heavy atom. The van der Waals surface area contributed by atoms with Gasteiger partial charge in [-0.25, -0.2) is 22.7 Å². The van der Waals surface area contributed by atoms with Crippen LogP contribution >= 0.6 is 0 Å². The number of esters is 1. The van der Waals surface area contributed by atoms with Crippen molar-refractivity contribution in [3.63, 3.8) is 0 Å². The number of sulfonamides is 1. The largest absolute Gasteiger partial charge is 0.468 e. The van der Waals surface area contributed by atoms with Crippen molar-refractivity contribution in [2.24, 2.45) is 0 Å². The summed E-state index contributed by atoms with van der Waals surface area (Å²) >= 11 is 0. The monoisotopic (exact) mass is 463 g/mol. The van der Waals surface area contributed by atoms with Crippen LogP contribution in [0.2, 0.25) is 0 Å². The summed E-state index contributed by atoms with van der Waals surface area (Å²) in [7, 11) is -3.90. The molecule has 3 N–H and O–H groups in total. The second kappa shape index (κ2) is 10.9. The molecule has 0 bridgehead atoms. The Kier molecular flexibility index (Phi) is 8.01. The lowest BCUT2D eigenvalue weighted by Gasteiger charge is -2.22. The summed E-state index contributed by atoms with van der Waals surface area (Å²) in [6.45, 7) is -0.724. The van der Waals surface area contributed by atoms with Gasteiger partial charge in [0, 0.05) is 6.04 Å². The minimum atomic E-state index is -3.90. The highest BCUT2D eigenvalue weighted by Gasteiger charge is 2.20. The Bertz CT molecular complexity index is 1050. The summed E-state index contributed by atoms with van der Waals surface area (Å²) in [5, 5.41) is 4.84. The van der Waals surface area contributed by atoms with Gasteiger partial charge in [0.25, 0.3) is 5.91 Å². The Balaban J connectivity index is 1.49. The average molecular weight is 464 g/mol. The molecule has 0 atom stereocenters. The van der Waals surface area contributed by atoms with Gasteiger partial charge in [-0.3, -0.25) is 10.1 Å². The van der Waals surface area contributed by atoms with Crippen molar-refractivity contribution < 1.29 is 32.0 Å². The fraction of sp³-hybridized carbons (Fsp3) is 0.381. The lowest BCUT2D eigenvalue weighted by molar-refractivity contribution is -0.123. The molecule has 1 aliphatic rings. The first-order valence-electron chi connectivity index (χ1n) is 10.2. The fourth-order valence-corrected chi connectivity index (χ4v) is 4.34. The highest BCUT2D eigenvalue weighted by Crippen LogP contribution is 2.17. The van der Waals surface area contributed by atoms with Gasteiger partial charge in [0.1, 0.15) is 5.76 Å². The van der Waals surface area contributed by atoms with E-state index in [4.69, 9.17) is 9.15 Å². The van der Waals surface area contributed by atoms with Crippen LogP contribution in [0.3, 0.4) is 0 Å².